The third-order valence-electron chi connectivity index (χ3n) is 2.12. The molecule has 5 heteroatoms. The molecule has 14 heavy (non-hydrogen) atoms. The number of rotatable bonds is 0. The topological polar surface area (TPSA) is 46.5 Å². The second-order valence-electron chi connectivity index (χ2n) is 3.04. The molecule has 0 saturated heterocycles. The molecule has 2 rings (SSSR count). The first kappa shape index (κ1) is 9.61. The summed E-state index contributed by atoms with van der Waals surface area (Å²) in [6.45, 7) is 1.66. The first-order valence-corrected chi connectivity index (χ1v) is 4.69. The highest BCUT2D eigenvalue weighted by molar-refractivity contribution is 9.10. The Labute approximate surface area is 87.6 Å². The highest BCUT2D eigenvalue weighted by Crippen LogP contribution is 2.36. The number of ether oxygens (including phenoxy) is 1. The molecule has 0 aliphatic carbocycles. The van der Waals surface area contributed by atoms with Gasteiger partial charge in [0.2, 0.25) is 6.29 Å². The van der Waals surface area contributed by atoms with Crippen LogP contribution < -0.4 is 0 Å². The second-order valence-corrected chi connectivity index (χ2v) is 3.89. The molecule has 1 unspecified atom stereocenters. The first-order chi connectivity index (χ1) is 6.52. The minimum absolute atomic E-state index is 0.0816. The fourth-order valence-electron chi connectivity index (χ4n) is 1.50. The monoisotopic (exact) mass is 260 g/mol. The molecule has 0 amide bonds. The Morgan fingerprint density at radius 3 is 2.93 bits per heavy atom. The summed E-state index contributed by atoms with van der Waals surface area (Å²) in [6.07, 6.45) is -1.49. The molecule has 1 aliphatic rings. The predicted molar refractivity (Wildman–Crippen MR) is 49.2 cm³/mol. The van der Waals surface area contributed by atoms with Gasteiger partial charge in [-0.2, -0.15) is 0 Å². The molecule has 1 N–H and O–H groups in total. The van der Waals surface area contributed by atoms with Gasteiger partial charge in [0.05, 0.1) is 15.6 Å². The molecular weight excluding hydrogens is 255 g/mol. The van der Waals surface area contributed by atoms with Gasteiger partial charge in [0.1, 0.15) is 5.82 Å². The van der Waals surface area contributed by atoms with Crippen molar-refractivity contribution < 1.29 is 19.0 Å². The van der Waals surface area contributed by atoms with Crippen molar-refractivity contribution in [1.29, 1.82) is 0 Å². The Morgan fingerprint density at radius 1 is 1.64 bits per heavy atom. The third-order valence-corrected chi connectivity index (χ3v) is 2.70. The lowest BCUT2D eigenvalue weighted by molar-refractivity contribution is -0.0562. The number of hydrogen-bond acceptors (Lipinski definition) is 3. The van der Waals surface area contributed by atoms with Crippen LogP contribution in [0, 0.1) is 12.7 Å². The molecule has 74 valence electrons. The summed E-state index contributed by atoms with van der Waals surface area (Å²) in [7, 11) is 0. The fourth-order valence-corrected chi connectivity index (χ4v) is 2.06. The number of halogens is 2. The summed E-state index contributed by atoms with van der Waals surface area (Å²) in [5, 5.41) is 9.28. The number of aliphatic hydroxyl groups excluding tert-OH is 1. The maximum Gasteiger partial charge on any atom is 0.341 e. The lowest BCUT2D eigenvalue weighted by Gasteiger charge is -2.05. The number of carbonyl (C=O) groups is 1. The van der Waals surface area contributed by atoms with Gasteiger partial charge in [0, 0.05) is 0 Å². The zero-order valence-corrected chi connectivity index (χ0v) is 8.76. The fraction of sp³-hybridized carbons (Fsp3) is 0.222. The average molecular weight is 261 g/mol. The summed E-state index contributed by atoms with van der Waals surface area (Å²) < 4.78 is 18.2. The van der Waals surface area contributed by atoms with Gasteiger partial charge in [-0.25, -0.2) is 9.18 Å². The number of esters is 1. The molecule has 0 fully saturated rings. The van der Waals surface area contributed by atoms with Crippen molar-refractivity contribution in [3.8, 4) is 0 Å². The minimum Gasteiger partial charge on any atom is -0.428 e. The molecule has 3 nitrogen and oxygen atoms in total. The van der Waals surface area contributed by atoms with E-state index >= 15 is 0 Å². The molecule has 1 aliphatic heterocycles. The number of aryl methyl sites for hydroxylation is 1. The largest absolute Gasteiger partial charge is 0.428 e. The van der Waals surface area contributed by atoms with E-state index in [9.17, 15) is 14.3 Å². The van der Waals surface area contributed by atoms with E-state index in [1.54, 1.807) is 6.92 Å². The van der Waals surface area contributed by atoms with Crippen LogP contribution in [0.2, 0.25) is 0 Å². The van der Waals surface area contributed by atoms with E-state index < -0.39 is 18.1 Å². The lowest BCUT2D eigenvalue weighted by atomic mass is 10.0. The summed E-state index contributed by atoms with van der Waals surface area (Å²) in [5.74, 6) is -1.33. The normalized spacial score (nSPS) is 19.4. The molecule has 0 aromatic heterocycles. The van der Waals surface area contributed by atoms with E-state index in [0.717, 1.165) is 0 Å². The first-order valence-electron chi connectivity index (χ1n) is 3.90. The van der Waals surface area contributed by atoms with Crippen LogP contribution in [-0.2, 0) is 4.74 Å². The standard InChI is InChI=1S/C9H6BrFO3/c1-3-2-4(10)7(11)6-5(3)8(12)14-9(6)13/h2,9,13H,1H3. The van der Waals surface area contributed by atoms with Gasteiger partial charge in [-0.15, -0.1) is 0 Å². The molecule has 1 atom stereocenters. The maximum absolute atomic E-state index is 13.5. The second kappa shape index (κ2) is 3.03. The van der Waals surface area contributed by atoms with Crippen LogP contribution in [-0.4, -0.2) is 11.1 Å². The predicted octanol–water partition coefficient (Wildman–Crippen LogP) is 2.06. The molecule has 0 radical (unpaired) electrons. The van der Waals surface area contributed by atoms with E-state index in [2.05, 4.69) is 20.7 Å². The van der Waals surface area contributed by atoms with E-state index in [1.165, 1.54) is 6.07 Å². The Kier molecular flexibility index (Phi) is 2.08. The molecule has 0 bridgehead atoms. The van der Waals surface area contributed by atoms with Crippen LogP contribution >= 0.6 is 15.9 Å². The molecule has 0 saturated carbocycles. The van der Waals surface area contributed by atoms with Crippen LogP contribution in [0.15, 0.2) is 10.5 Å². The quantitative estimate of drug-likeness (QED) is 0.727. The number of benzene rings is 1. The Hall–Kier alpha value is -0.940. The molecule has 1 aromatic carbocycles. The zero-order valence-electron chi connectivity index (χ0n) is 7.17. The average Bonchev–Trinajstić information content (AvgIpc) is 2.38. The molecule has 1 aromatic rings. The third kappa shape index (κ3) is 1.16. The van der Waals surface area contributed by atoms with Crippen LogP contribution in [0.25, 0.3) is 0 Å². The summed E-state index contributed by atoms with van der Waals surface area (Å²) in [5.41, 5.74) is 0.620. The van der Waals surface area contributed by atoms with Crippen LogP contribution in [0.1, 0.15) is 27.8 Å². The number of cyclic esters (lactones) is 1. The number of hydrogen-bond donors (Lipinski definition) is 1. The van der Waals surface area contributed by atoms with Crippen molar-refractivity contribution in [2.75, 3.05) is 0 Å². The maximum atomic E-state index is 13.5. The summed E-state index contributed by atoms with van der Waals surface area (Å²) in [4.78, 5) is 11.2. The SMILES string of the molecule is Cc1cc(Br)c(F)c2c1C(=O)OC2O. The van der Waals surface area contributed by atoms with Crippen molar-refractivity contribution >= 4 is 21.9 Å². The van der Waals surface area contributed by atoms with E-state index in [1.807, 2.05) is 0 Å². The molecule has 1 heterocycles. The number of fused-ring (bicyclic) bond motifs is 1. The highest BCUT2D eigenvalue weighted by Gasteiger charge is 2.35. The van der Waals surface area contributed by atoms with E-state index in [4.69, 9.17) is 0 Å². The van der Waals surface area contributed by atoms with Crippen LogP contribution in [0.4, 0.5) is 4.39 Å². The lowest BCUT2D eigenvalue weighted by Crippen LogP contribution is -1.99. The van der Waals surface area contributed by atoms with Crippen molar-refractivity contribution in [2.24, 2.45) is 0 Å². The van der Waals surface area contributed by atoms with Gasteiger partial charge in [0.15, 0.2) is 0 Å². The Balaban J connectivity index is 2.79. The highest BCUT2D eigenvalue weighted by atomic mass is 79.9. The minimum atomic E-state index is -1.49. The summed E-state index contributed by atoms with van der Waals surface area (Å²) in [6, 6.07) is 1.48. The number of carbonyl (C=O) groups excluding carboxylic acids is 1. The van der Waals surface area contributed by atoms with E-state index in [-0.39, 0.29) is 15.6 Å². The summed E-state index contributed by atoms with van der Waals surface area (Å²) >= 11 is 2.99. The van der Waals surface area contributed by atoms with Crippen molar-refractivity contribution in [3.05, 3.63) is 33.0 Å². The zero-order chi connectivity index (χ0) is 10.5. The Morgan fingerprint density at radius 2 is 2.29 bits per heavy atom. The van der Waals surface area contributed by atoms with Crippen LogP contribution in [0.5, 0.6) is 0 Å². The van der Waals surface area contributed by atoms with Crippen LogP contribution in [0.3, 0.4) is 0 Å². The van der Waals surface area contributed by atoms with Crippen molar-refractivity contribution in [2.45, 2.75) is 13.2 Å². The molecule has 0 spiro atoms. The van der Waals surface area contributed by atoms with Gasteiger partial charge in [-0.05, 0) is 34.5 Å². The van der Waals surface area contributed by atoms with Gasteiger partial charge in [0.25, 0.3) is 0 Å². The van der Waals surface area contributed by atoms with Gasteiger partial charge in [-0.3, -0.25) is 0 Å². The van der Waals surface area contributed by atoms with Crippen molar-refractivity contribution in [1.82, 2.24) is 0 Å². The van der Waals surface area contributed by atoms with Gasteiger partial charge >= 0.3 is 5.97 Å². The smallest absolute Gasteiger partial charge is 0.341 e. The number of aliphatic hydroxyl groups is 1. The molecular formula is C9H6BrFO3. The van der Waals surface area contributed by atoms with Gasteiger partial charge in [-0.1, -0.05) is 0 Å². The van der Waals surface area contributed by atoms with Crippen molar-refractivity contribution in [3.63, 3.8) is 0 Å². The van der Waals surface area contributed by atoms with Gasteiger partial charge < -0.3 is 9.84 Å². The Bertz CT molecular complexity index is 431. The van der Waals surface area contributed by atoms with E-state index in [0.29, 0.717) is 5.56 Å².